The Hall–Kier alpha value is -4.04. The van der Waals surface area contributed by atoms with E-state index in [-0.39, 0.29) is 48.1 Å². The highest BCUT2D eigenvalue weighted by atomic mass is 19.3. The fraction of sp³-hybridized carbons (Fsp3) is 0.682. The molecule has 0 radical (unpaired) electrons. The zero-order chi connectivity index (χ0) is 45.3. The van der Waals surface area contributed by atoms with Crippen LogP contribution in [0.1, 0.15) is 84.5 Å². The van der Waals surface area contributed by atoms with Gasteiger partial charge in [0, 0.05) is 37.9 Å². The van der Waals surface area contributed by atoms with Crippen molar-refractivity contribution in [3.8, 4) is 0 Å². The predicted octanol–water partition coefficient (Wildman–Crippen LogP) is 3.35. The number of hydrogen-bond donors (Lipinski definition) is 4. The molecule has 0 unspecified atom stereocenters. The van der Waals surface area contributed by atoms with Crippen molar-refractivity contribution in [1.82, 2.24) is 10.2 Å². The van der Waals surface area contributed by atoms with Gasteiger partial charge >= 0.3 is 24.0 Å². The second-order valence-electron chi connectivity index (χ2n) is 18.9. The zero-order valence-electron chi connectivity index (χ0n) is 36.1. The number of alkyl halides is 2. The molecule has 3 heterocycles. The van der Waals surface area contributed by atoms with E-state index >= 15 is 0 Å². The maximum Gasteiger partial charge on any atom is 0.408 e. The van der Waals surface area contributed by atoms with Crippen molar-refractivity contribution in [2.24, 2.45) is 11.3 Å². The summed E-state index contributed by atoms with van der Waals surface area (Å²) in [7, 11) is 0. The summed E-state index contributed by atoms with van der Waals surface area (Å²) in [6.45, 7) is 15.1. The summed E-state index contributed by atoms with van der Waals surface area (Å²) in [6.07, 6.45) is -10.5. The van der Waals surface area contributed by atoms with Crippen LogP contribution in [0.5, 0.6) is 0 Å². The maximum atomic E-state index is 14.6. The number of halogens is 2. The number of carbonyl (C=O) groups excluding carboxylic acids is 4. The van der Waals surface area contributed by atoms with E-state index in [4.69, 9.17) is 33.2 Å². The third kappa shape index (κ3) is 7.93. The first-order valence-electron chi connectivity index (χ1n) is 21.0. The molecule has 2 saturated carbocycles. The van der Waals surface area contributed by atoms with Crippen LogP contribution in [0, 0.1) is 11.3 Å². The van der Waals surface area contributed by atoms with E-state index < -0.39 is 113 Å². The average Bonchev–Trinajstić information content (AvgIpc) is 3.59. The number of fused-ring (bicyclic) bond motifs is 8. The molecule has 3 aliphatic carbocycles. The molecular formula is C44H58F2N2O14. The summed E-state index contributed by atoms with van der Waals surface area (Å²) in [6, 6.07) is 5.40. The van der Waals surface area contributed by atoms with Crippen molar-refractivity contribution < 1.29 is 76.4 Å². The molecule has 1 aromatic carbocycles. The second-order valence-corrected chi connectivity index (χ2v) is 18.9. The third-order valence-electron chi connectivity index (χ3n) is 13.7. The molecule has 18 heteroatoms. The molecule has 4 N–H and O–H groups in total. The minimum Gasteiger partial charge on any atom is -0.456 e. The van der Waals surface area contributed by atoms with Gasteiger partial charge in [-0.15, -0.1) is 0 Å². The number of esters is 3. The van der Waals surface area contributed by atoms with Crippen LogP contribution in [0.15, 0.2) is 53.6 Å². The van der Waals surface area contributed by atoms with E-state index in [9.17, 15) is 43.3 Å². The standard InChI is InChI=1S/C44H58F2N2O14/c1-22-27(57-38(52)42(8,54)33(36(45)46)47-39(53)62-40(4,5)6)18-43(55)23(2)30(22)31-34(59-29(58-31)19-48-17-15-26(48)20-49)41(7)16-14-28-44(21-56-28,61-24(3)50)32(41)35(43)60-37(51)25-12-10-9-11-13-25/h9-13,26-29,31-36,49,54-55H,2,14-21H2,1,3-8H3,(H,47,53)/t26-,27-,28+,29+,31+,32-,33-,34+,35-,41+,42+,43-,44-/m0/s1. The van der Waals surface area contributed by atoms with Crippen molar-refractivity contribution >= 4 is 24.0 Å². The van der Waals surface area contributed by atoms with Crippen molar-refractivity contribution in [1.29, 1.82) is 0 Å². The first kappa shape index (κ1) is 46.0. The van der Waals surface area contributed by atoms with E-state index in [1.54, 1.807) is 25.1 Å². The Morgan fingerprint density at radius 2 is 1.77 bits per heavy atom. The zero-order valence-corrected chi connectivity index (χ0v) is 36.1. The van der Waals surface area contributed by atoms with Crippen molar-refractivity contribution in [2.75, 3.05) is 26.3 Å². The normalized spacial score (nSPS) is 36.8. The molecule has 2 bridgehead atoms. The molecule has 1 aromatic rings. The molecule has 13 atom stereocenters. The van der Waals surface area contributed by atoms with E-state index in [1.165, 1.54) is 39.8 Å². The van der Waals surface area contributed by atoms with Gasteiger partial charge in [-0.3, -0.25) is 9.69 Å². The van der Waals surface area contributed by atoms with Gasteiger partial charge in [-0.25, -0.2) is 23.2 Å². The van der Waals surface area contributed by atoms with Crippen LogP contribution in [0.4, 0.5) is 13.6 Å². The van der Waals surface area contributed by atoms with E-state index in [0.717, 1.165) is 13.3 Å². The first-order chi connectivity index (χ1) is 29.0. The number of aliphatic hydroxyl groups excluding tert-OH is 1. The Balaban J connectivity index is 1.36. The lowest BCUT2D eigenvalue weighted by molar-refractivity contribution is -0.337. The lowest BCUT2D eigenvalue weighted by Gasteiger charge is -2.66. The largest absolute Gasteiger partial charge is 0.456 e. The molecule has 0 spiro atoms. The van der Waals surface area contributed by atoms with Gasteiger partial charge in [0.05, 0.1) is 30.8 Å². The fourth-order valence-electron chi connectivity index (χ4n) is 10.4. The van der Waals surface area contributed by atoms with Crippen LogP contribution in [0.2, 0.25) is 0 Å². The Kier molecular flexibility index (Phi) is 12.2. The number of alkyl carbamates (subject to hydrolysis) is 1. The molecule has 5 fully saturated rings. The number of nitrogens with one attached hydrogen (secondary N) is 1. The fourth-order valence-corrected chi connectivity index (χ4v) is 10.4. The van der Waals surface area contributed by atoms with Gasteiger partial charge in [0.1, 0.15) is 41.7 Å². The van der Waals surface area contributed by atoms with Gasteiger partial charge in [-0.2, -0.15) is 0 Å². The van der Waals surface area contributed by atoms with Crippen molar-refractivity contribution in [2.45, 2.75) is 152 Å². The summed E-state index contributed by atoms with van der Waals surface area (Å²) in [5.41, 5.74) is -8.42. The molecule has 1 amide bonds. The first-order valence-corrected chi connectivity index (χ1v) is 21.0. The molecule has 6 aliphatic rings. The van der Waals surface area contributed by atoms with E-state index in [1.807, 2.05) is 17.1 Å². The summed E-state index contributed by atoms with van der Waals surface area (Å²) < 4.78 is 72.7. The van der Waals surface area contributed by atoms with Gasteiger partial charge in [0.15, 0.2) is 17.5 Å². The summed E-state index contributed by atoms with van der Waals surface area (Å²) >= 11 is 0. The quantitative estimate of drug-likeness (QED) is 0.186. The third-order valence-corrected chi connectivity index (χ3v) is 13.7. The number of aliphatic hydroxyl groups is 3. The number of carbonyl (C=O) groups is 4. The van der Waals surface area contributed by atoms with Crippen LogP contribution < -0.4 is 5.32 Å². The average molecular weight is 877 g/mol. The van der Waals surface area contributed by atoms with Crippen LogP contribution in [0.25, 0.3) is 0 Å². The molecule has 0 aromatic heterocycles. The predicted molar refractivity (Wildman–Crippen MR) is 212 cm³/mol. The van der Waals surface area contributed by atoms with Gasteiger partial charge in [0.25, 0.3) is 6.43 Å². The Morgan fingerprint density at radius 1 is 1.08 bits per heavy atom. The minimum absolute atomic E-state index is 0.0239. The topological polar surface area (TPSA) is 209 Å². The van der Waals surface area contributed by atoms with Gasteiger partial charge < -0.3 is 53.8 Å². The molecule has 3 saturated heterocycles. The van der Waals surface area contributed by atoms with Crippen LogP contribution >= 0.6 is 0 Å². The Labute approximate surface area is 358 Å². The number of nitrogens with zero attached hydrogens (tertiary/aromatic N) is 1. The molecule has 3 aliphatic heterocycles. The lowest BCUT2D eigenvalue weighted by atomic mass is 9.48. The lowest BCUT2D eigenvalue weighted by Crippen LogP contribution is -2.78. The number of hydrogen-bond acceptors (Lipinski definition) is 15. The minimum atomic E-state index is -3.48. The molecule has 342 valence electrons. The van der Waals surface area contributed by atoms with Gasteiger partial charge in [-0.05, 0) is 82.7 Å². The van der Waals surface area contributed by atoms with Crippen molar-refractivity contribution in [3.05, 3.63) is 59.2 Å². The summed E-state index contributed by atoms with van der Waals surface area (Å²) in [5, 5.41) is 36.8. The highest BCUT2D eigenvalue weighted by Gasteiger charge is 2.75. The number of rotatable bonds is 11. The SMILES string of the molecule is C=C1C2=C(C)[C@@H](OC(=O)[C@](C)(O)[C@@H](NC(=O)OC(C)(C)C)C(F)F)C[C@@]1(O)[C@@H](OC(=O)c1ccccc1)[C@H]1[C@@](C)(CC[C@H]3OC[C@]31OC(C)=O)[C@@H]1O[C@H](CN3CC[C@H]3CO)O[C@H]21. The smallest absolute Gasteiger partial charge is 0.408 e. The number of amides is 1. The summed E-state index contributed by atoms with van der Waals surface area (Å²) in [5.74, 6) is -4.17. The van der Waals surface area contributed by atoms with E-state index in [0.29, 0.717) is 19.4 Å². The number of likely N-dealkylation sites (tertiary alicyclic amines) is 1. The number of ether oxygens (including phenoxy) is 7. The highest BCUT2D eigenvalue weighted by Crippen LogP contribution is 2.64. The van der Waals surface area contributed by atoms with Crippen LogP contribution in [-0.4, -0.2) is 148 Å². The van der Waals surface area contributed by atoms with Gasteiger partial charge in [0.2, 0.25) is 0 Å². The summed E-state index contributed by atoms with van der Waals surface area (Å²) in [4.78, 5) is 56.1. The Morgan fingerprint density at radius 3 is 2.34 bits per heavy atom. The van der Waals surface area contributed by atoms with E-state index in [2.05, 4.69) is 6.58 Å². The highest BCUT2D eigenvalue weighted by molar-refractivity contribution is 5.89. The molecule has 7 rings (SSSR count). The molecular weight excluding hydrogens is 818 g/mol. The van der Waals surface area contributed by atoms with Crippen molar-refractivity contribution in [3.63, 3.8) is 0 Å². The maximum absolute atomic E-state index is 14.6. The molecule has 16 nitrogen and oxygen atoms in total. The van der Waals surface area contributed by atoms with Crippen LogP contribution in [-0.2, 0) is 42.7 Å². The Bertz CT molecular complexity index is 1970. The van der Waals surface area contributed by atoms with Crippen LogP contribution in [0.3, 0.4) is 0 Å². The second kappa shape index (κ2) is 16.5. The number of benzene rings is 1. The van der Waals surface area contributed by atoms with Gasteiger partial charge in [-0.1, -0.05) is 31.7 Å². The monoisotopic (exact) mass is 876 g/mol. The molecule has 62 heavy (non-hydrogen) atoms.